The first-order valence-corrected chi connectivity index (χ1v) is 7.61. The van der Waals surface area contributed by atoms with Crippen LogP contribution in [0, 0.1) is 0 Å². The molecule has 7 nitrogen and oxygen atoms in total. The van der Waals surface area contributed by atoms with Crippen LogP contribution in [0.1, 0.15) is 0 Å². The molecule has 0 unspecified atom stereocenters. The van der Waals surface area contributed by atoms with Crippen LogP contribution in [-0.4, -0.2) is 62.1 Å². The second-order valence-electron chi connectivity index (χ2n) is 4.24. The summed E-state index contributed by atoms with van der Waals surface area (Å²) in [6.45, 7) is 0.769. The minimum atomic E-state index is -2.92. The van der Waals surface area contributed by atoms with Crippen molar-refractivity contribution in [2.45, 2.75) is 0 Å². The van der Waals surface area contributed by atoms with Crippen LogP contribution in [0.25, 0.3) is 0 Å². The number of anilines is 2. The van der Waals surface area contributed by atoms with Crippen molar-refractivity contribution in [1.29, 1.82) is 0 Å². The molecule has 0 atom stereocenters. The van der Waals surface area contributed by atoms with Crippen LogP contribution in [0.15, 0.2) is 0 Å². The fourth-order valence-corrected chi connectivity index (χ4v) is 2.94. The molecule has 1 aromatic heterocycles. The van der Waals surface area contributed by atoms with Crippen molar-refractivity contribution in [2.75, 3.05) is 48.5 Å². The van der Waals surface area contributed by atoms with Gasteiger partial charge in [0, 0.05) is 27.2 Å². The van der Waals surface area contributed by atoms with E-state index in [0.29, 0.717) is 25.0 Å². The van der Waals surface area contributed by atoms with Crippen LogP contribution in [0.3, 0.4) is 0 Å². The highest BCUT2D eigenvalue weighted by Crippen LogP contribution is 2.17. The number of aromatic nitrogens is 3. The maximum absolute atomic E-state index is 11.4. The van der Waals surface area contributed by atoms with Crippen LogP contribution in [0.5, 0.6) is 0 Å². The van der Waals surface area contributed by atoms with Gasteiger partial charge in [0.25, 0.3) is 0 Å². The fraction of sp³-hybridized carbons (Fsp3) is 0.667. The Balaban J connectivity index is 2.24. The summed E-state index contributed by atoms with van der Waals surface area (Å²) in [5.74, 6) is 1.12. The summed E-state index contributed by atoms with van der Waals surface area (Å²) in [5, 5.41) is 0.108. The zero-order chi connectivity index (χ0) is 13.3. The molecular weight excluding hydrogens is 278 g/mol. The van der Waals surface area contributed by atoms with E-state index < -0.39 is 9.84 Å². The van der Waals surface area contributed by atoms with Gasteiger partial charge in [-0.15, -0.1) is 0 Å². The molecular formula is C9H14ClN5O2S. The number of hydrogen-bond donors (Lipinski definition) is 0. The van der Waals surface area contributed by atoms with Crippen molar-refractivity contribution in [2.24, 2.45) is 0 Å². The lowest BCUT2D eigenvalue weighted by molar-refractivity contribution is 0.585. The molecule has 1 aromatic rings. The predicted octanol–water partition coefficient (Wildman–Crippen LogP) is -0.174. The van der Waals surface area contributed by atoms with Crippen molar-refractivity contribution in [3.05, 3.63) is 5.28 Å². The van der Waals surface area contributed by atoms with E-state index >= 15 is 0 Å². The van der Waals surface area contributed by atoms with Crippen LogP contribution in [0.4, 0.5) is 11.9 Å². The summed E-state index contributed by atoms with van der Waals surface area (Å²) >= 11 is 5.84. The molecule has 0 radical (unpaired) electrons. The first kappa shape index (κ1) is 13.3. The number of hydrogen-bond acceptors (Lipinski definition) is 7. The number of rotatable bonds is 2. The zero-order valence-electron chi connectivity index (χ0n) is 10.2. The van der Waals surface area contributed by atoms with E-state index in [2.05, 4.69) is 15.0 Å². The number of halogens is 1. The summed E-state index contributed by atoms with van der Waals surface area (Å²) in [4.78, 5) is 15.8. The number of nitrogens with zero attached hydrogens (tertiary/aromatic N) is 5. The van der Waals surface area contributed by atoms with Gasteiger partial charge in [0.2, 0.25) is 17.2 Å². The van der Waals surface area contributed by atoms with Crippen LogP contribution >= 0.6 is 11.6 Å². The van der Waals surface area contributed by atoms with Crippen molar-refractivity contribution >= 4 is 33.3 Å². The standard InChI is InChI=1S/C9H14ClN5O2S/c1-14(2)8-11-7(10)12-9(13-8)15-3-5-18(16,17)6-4-15/h3-6H2,1-2H3. The lowest BCUT2D eigenvalue weighted by atomic mass is 10.5. The highest BCUT2D eigenvalue weighted by molar-refractivity contribution is 7.91. The monoisotopic (exact) mass is 291 g/mol. The summed E-state index contributed by atoms with van der Waals surface area (Å²) in [5.41, 5.74) is 0. The summed E-state index contributed by atoms with van der Waals surface area (Å²) in [6, 6.07) is 0. The Hall–Kier alpha value is -1.15. The first-order chi connectivity index (χ1) is 8.37. The third kappa shape index (κ3) is 2.99. The average molecular weight is 292 g/mol. The molecule has 0 aromatic carbocycles. The van der Waals surface area contributed by atoms with Crippen LogP contribution < -0.4 is 9.80 Å². The molecule has 0 saturated carbocycles. The van der Waals surface area contributed by atoms with E-state index in [1.54, 1.807) is 19.0 Å². The smallest absolute Gasteiger partial charge is 0.231 e. The van der Waals surface area contributed by atoms with Gasteiger partial charge in [-0.3, -0.25) is 0 Å². The van der Waals surface area contributed by atoms with Gasteiger partial charge in [0.1, 0.15) is 0 Å². The van der Waals surface area contributed by atoms with Gasteiger partial charge >= 0.3 is 0 Å². The van der Waals surface area contributed by atoms with Crippen molar-refractivity contribution < 1.29 is 8.42 Å². The molecule has 9 heteroatoms. The molecule has 0 aliphatic carbocycles. The molecule has 0 amide bonds. The van der Waals surface area contributed by atoms with E-state index in [-0.39, 0.29) is 16.8 Å². The van der Waals surface area contributed by atoms with E-state index in [1.165, 1.54) is 0 Å². The second kappa shape index (κ2) is 4.85. The molecule has 1 fully saturated rings. The van der Waals surface area contributed by atoms with E-state index in [4.69, 9.17) is 11.6 Å². The van der Waals surface area contributed by atoms with E-state index in [1.807, 2.05) is 4.90 Å². The average Bonchev–Trinajstić information content (AvgIpc) is 2.28. The Kier molecular flexibility index (Phi) is 3.58. The Morgan fingerprint density at radius 1 is 1.17 bits per heavy atom. The lowest BCUT2D eigenvalue weighted by Crippen LogP contribution is -2.41. The molecule has 1 aliphatic heterocycles. The SMILES string of the molecule is CN(C)c1nc(Cl)nc(N2CCS(=O)(=O)CC2)n1. The summed E-state index contributed by atoms with van der Waals surface area (Å²) in [6.07, 6.45) is 0. The lowest BCUT2D eigenvalue weighted by Gasteiger charge is -2.27. The summed E-state index contributed by atoms with van der Waals surface area (Å²) < 4.78 is 22.7. The largest absolute Gasteiger partial charge is 0.347 e. The maximum atomic E-state index is 11.4. The van der Waals surface area contributed by atoms with Crippen LogP contribution in [-0.2, 0) is 9.84 Å². The predicted molar refractivity (Wildman–Crippen MR) is 70.0 cm³/mol. The van der Waals surface area contributed by atoms with Gasteiger partial charge in [-0.25, -0.2) is 8.42 Å². The molecule has 2 heterocycles. The molecule has 0 N–H and O–H groups in total. The minimum Gasteiger partial charge on any atom is -0.347 e. The van der Waals surface area contributed by atoms with Gasteiger partial charge in [0.05, 0.1) is 11.5 Å². The van der Waals surface area contributed by atoms with Gasteiger partial charge in [-0.1, -0.05) is 0 Å². The normalized spacial score (nSPS) is 18.7. The molecule has 18 heavy (non-hydrogen) atoms. The molecule has 1 aliphatic rings. The zero-order valence-corrected chi connectivity index (χ0v) is 11.7. The van der Waals surface area contributed by atoms with E-state index in [9.17, 15) is 8.42 Å². The summed E-state index contributed by atoms with van der Waals surface area (Å²) in [7, 11) is 0.687. The molecule has 0 bridgehead atoms. The fourth-order valence-electron chi connectivity index (χ4n) is 1.58. The molecule has 0 spiro atoms. The molecule has 2 rings (SSSR count). The molecule has 100 valence electrons. The highest BCUT2D eigenvalue weighted by Gasteiger charge is 2.24. The molecule has 1 saturated heterocycles. The van der Waals surface area contributed by atoms with Crippen molar-refractivity contribution in [3.63, 3.8) is 0 Å². The van der Waals surface area contributed by atoms with Gasteiger partial charge in [-0.05, 0) is 11.6 Å². The highest BCUT2D eigenvalue weighted by atomic mass is 35.5. The third-order valence-corrected chi connectivity index (χ3v) is 4.39. The van der Waals surface area contributed by atoms with Gasteiger partial charge < -0.3 is 9.80 Å². The third-order valence-electron chi connectivity index (χ3n) is 2.61. The van der Waals surface area contributed by atoms with Crippen molar-refractivity contribution in [1.82, 2.24) is 15.0 Å². The van der Waals surface area contributed by atoms with E-state index in [0.717, 1.165) is 0 Å². The van der Waals surface area contributed by atoms with Gasteiger partial charge in [-0.2, -0.15) is 15.0 Å². The Morgan fingerprint density at radius 3 is 2.33 bits per heavy atom. The van der Waals surface area contributed by atoms with Crippen molar-refractivity contribution in [3.8, 4) is 0 Å². The maximum Gasteiger partial charge on any atom is 0.231 e. The number of sulfone groups is 1. The van der Waals surface area contributed by atoms with Gasteiger partial charge in [0.15, 0.2) is 9.84 Å². The van der Waals surface area contributed by atoms with Crippen LogP contribution in [0.2, 0.25) is 5.28 Å². The Bertz CT molecular complexity index is 534. The quantitative estimate of drug-likeness (QED) is 0.748. The second-order valence-corrected chi connectivity index (χ2v) is 6.88. The Labute approximate surface area is 111 Å². The minimum absolute atomic E-state index is 0.108. The Morgan fingerprint density at radius 2 is 1.78 bits per heavy atom. The topological polar surface area (TPSA) is 79.3 Å². The first-order valence-electron chi connectivity index (χ1n) is 5.42.